The van der Waals surface area contributed by atoms with Crippen LogP contribution in [0.25, 0.3) is 0 Å². The van der Waals surface area contributed by atoms with E-state index in [1.54, 1.807) is 0 Å². The van der Waals surface area contributed by atoms with Gasteiger partial charge in [-0.2, -0.15) is 0 Å². The van der Waals surface area contributed by atoms with Gasteiger partial charge in [-0.05, 0) is 32.1 Å². The van der Waals surface area contributed by atoms with Crippen LogP contribution in [-0.2, 0) is 6.42 Å². The number of rotatable bonds is 3. The molecule has 1 saturated heterocycles. The molecule has 0 amide bonds. The highest BCUT2D eigenvalue weighted by atomic mass is 15.3. The fourth-order valence-corrected chi connectivity index (χ4v) is 3.42. The Balaban J connectivity index is 2.00. The maximum Gasteiger partial charge on any atom is 0.137 e. The van der Waals surface area contributed by atoms with Gasteiger partial charge < -0.3 is 10.2 Å². The standard InChI is InChI=1S/C14H22N4/c1-4-12-16-13(15-3)9(2)14(17-12)18-8-10-5-6-11(18)7-10/h10-11H,4-8H2,1-3H3,(H,15,16,17). The second-order valence-corrected chi connectivity index (χ2v) is 5.53. The Kier molecular flexibility index (Phi) is 2.88. The number of hydrogen-bond acceptors (Lipinski definition) is 4. The highest BCUT2D eigenvalue weighted by Gasteiger charge is 2.39. The predicted octanol–water partition coefficient (Wildman–Crippen LogP) is 2.38. The van der Waals surface area contributed by atoms with E-state index in [1.807, 2.05) is 7.05 Å². The lowest BCUT2D eigenvalue weighted by Crippen LogP contribution is -2.33. The Bertz CT molecular complexity index is 457. The first kappa shape index (κ1) is 11.8. The molecule has 1 aromatic rings. The van der Waals surface area contributed by atoms with Gasteiger partial charge >= 0.3 is 0 Å². The lowest BCUT2D eigenvalue weighted by molar-refractivity contribution is 0.549. The summed E-state index contributed by atoms with van der Waals surface area (Å²) in [6.07, 6.45) is 5.00. The fraction of sp³-hybridized carbons (Fsp3) is 0.714. The average molecular weight is 246 g/mol. The van der Waals surface area contributed by atoms with Crippen LogP contribution in [0.5, 0.6) is 0 Å². The zero-order valence-electron chi connectivity index (χ0n) is 11.5. The molecule has 1 aromatic heterocycles. The van der Waals surface area contributed by atoms with Crippen molar-refractivity contribution in [2.45, 2.75) is 45.6 Å². The zero-order valence-corrected chi connectivity index (χ0v) is 11.5. The van der Waals surface area contributed by atoms with Crippen molar-refractivity contribution >= 4 is 11.6 Å². The molecule has 2 atom stereocenters. The summed E-state index contributed by atoms with van der Waals surface area (Å²) in [5, 5.41) is 3.20. The number of aromatic nitrogens is 2. The topological polar surface area (TPSA) is 41.1 Å². The monoisotopic (exact) mass is 246 g/mol. The minimum absolute atomic E-state index is 0.720. The summed E-state index contributed by atoms with van der Waals surface area (Å²) in [5.41, 5.74) is 1.20. The van der Waals surface area contributed by atoms with Gasteiger partial charge in [0.2, 0.25) is 0 Å². The second-order valence-electron chi connectivity index (χ2n) is 5.53. The molecule has 2 bridgehead atoms. The molecule has 0 spiro atoms. The number of anilines is 2. The van der Waals surface area contributed by atoms with E-state index in [4.69, 9.17) is 4.98 Å². The van der Waals surface area contributed by atoms with E-state index in [1.165, 1.54) is 37.2 Å². The van der Waals surface area contributed by atoms with E-state index >= 15 is 0 Å². The molecular formula is C14H22N4. The molecule has 18 heavy (non-hydrogen) atoms. The van der Waals surface area contributed by atoms with Crippen molar-refractivity contribution in [3.63, 3.8) is 0 Å². The normalized spacial score (nSPS) is 25.8. The van der Waals surface area contributed by atoms with Crippen LogP contribution in [0.3, 0.4) is 0 Å². The molecule has 98 valence electrons. The molecule has 0 radical (unpaired) electrons. The van der Waals surface area contributed by atoms with Gasteiger partial charge in [-0.1, -0.05) is 6.92 Å². The molecule has 2 aliphatic rings. The quantitative estimate of drug-likeness (QED) is 0.889. The first-order valence-electron chi connectivity index (χ1n) is 7.04. The van der Waals surface area contributed by atoms with Crippen molar-refractivity contribution in [3.8, 4) is 0 Å². The third-order valence-corrected chi connectivity index (χ3v) is 4.40. The summed E-state index contributed by atoms with van der Waals surface area (Å²) < 4.78 is 0. The lowest BCUT2D eigenvalue weighted by atomic mass is 10.1. The summed E-state index contributed by atoms with van der Waals surface area (Å²) in [4.78, 5) is 11.8. The first-order chi connectivity index (χ1) is 8.72. The minimum Gasteiger partial charge on any atom is -0.373 e. The molecule has 1 N–H and O–H groups in total. The van der Waals surface area contributed by atoms with Gasteiger partial charge in [0.15, 0.2) is 0 Å². The van der Waals surface area contributed by atoms with Crippen LogP contribution in [0.1, 0.15) is 37.6 Å². The van der Waals surface area contributed by atoms with Gasteiger partial charge in [-0.3, -0.25) is 0 Å². The number of piperidine rings is 1. The minimum atomic E-state index is 0.720. The molecular weight excluding hydrogens is 224 g/mol. The third kappa shape index (κ3) is 1.74. The van der Waals surface area contributed by atoms with Crippen molar-refractivity contribution in [3.05, 3.63) is 11.4 Å². The van der Waals surface area contributed by atoms with Crippen LogP contribution >= 0.6 is 0 Å². The van der Waals surface area contributed by atoms with Crippen LogP contribution in [0.2, 0.25) is 0 Å². The second kappa shape index (κ2) is 4.41. The molecule has 3 rings (SSSR count). The van der Waals surface area contributed by atoms with Crippen LogP contribution in [0, 0.1) is 12.8 Å². The van der Waals surface area contributed by atoms with Gasteiger partial charge in [0.1, 0.15) is 17.5 Å². The van der Waals surface area contributed by atoms with Crippen molar-refractivity contribution in [2.75, 3.05) is 23.8 Å². The Morgan fingerprint density at radius 1 is 1.33 bits per heavy atom. The molecule has 1 saturated carbocycles. The summed E-state index contributed by atoms with van der Waals surface area (Å²) in [7, 11) is 1.94. The largest absolute Gasteiger partial charge is 0.373 e. The predicted molar refractivity (Wildman–Crippen MR) is 74.2 cm³/mol. The van der Waals surface area contributed by atoms with Crippen LogP contribution in [0.15, 0.2) is 0 Å². The highest BCUT2D eigenvalue weighted by Crippen LogP contribution is 2.41. The van der Waals surface area contributed by atoms with E-state index in [9.17, 15) is 0 Å². The van der Waals surface area contributed by atoms with Crippen molar-refractivity contribution in [2.24, 2.45) is 5.92 Å². The molecule has 1 aliphatic heterocycles. The SMILES string of the molecule is CCc1nc(NC)c(C)c(N2CC3CCC2C3)n1. The zero-order chi connectivity index (χ0) is 12.7. The molecule has 4 nitrogen and oxygen atoms in total. The Morgan fingerprint density at radius 2 is 2.17 bits per heavy atom. The van der Waals surface area contributed by atoms with E-state index in [0.717, 1.165) is 30.0 Å². The third-order valence-electron chi connectivity index (χ3n) is 4.40. The maximum atomic E-state index is 4.77. The fourth-order valence-electron chi connectivity index (χ4n) is 3.42. The summed E-state index contributed by atoms with van der Waals surface area (Å²) in [6, 6.07) is 0.720. The van der Waals surface area contributed by atoms with Crippen molar-refractivity contribution < 1.29 is 0 Å². The van der Waals surface area contributed by atoms with Gasteiger partial charge in [0, 0.05) is 31.6 Å². The molecule has 1 aliphatic carbocycles. The first-order valence-corrected chi connectivity index (χ1v) is 7.04. The Morgan fingerprint density at radius 3 is 2.72 bits per heavy atom. The van der Waals surface area contributed by atoms with Gasteiger partial charge in [-0.25, -0.2) is 9.97 Å². The summed E-state index contributed by atoms with van der Waals surface area (Å²) in [5.74, 6) is 3.99. The smallest absolute Gasteiger partial charge is 0.137 e. The molecule has 2 fully saturated rings. The van der Waals surface area contributed by atoms with E-state index in [2.05, 4.69) is 29.0 Å². The van der Waals surface area contributed by atoms with Crippen molar-refractivity contribution in [1.29, 1.82) is 0 Å². The molecule has 2 unspecified atom stereocenters. The molecule has 4 heteroatoms. The molecule has 2 heterocycles. The Labute approximate surface area is 109 Å². The van der Waals surface area contributed by atoms with Gasteiger partial charge in [0.05, 0.1) is 0 Å². The van der Waals surface area contributed by atoms with E-state index < -0.39 is 0 Å². The maximum absolute atomic E-state index is 4.77. The summed E-state index contributed by atoms with van der Waals surface area (Å²) >= 11 is 0. The summed E-state index contributed by atoms with van der Waals surface area (Å²) in [6.45, 7) is 5.44. The number of nitrogens with zero attached hydrogens (tertiary/aromatic N) is 3. The number of hydrogen-bond donors (Lipinski definition) is 1. The highest BCUT2D eigenvalue weighted by molar-refractivity contribution is 5.59. The van der Waals surface area contributed by atoms with Crippen LogP contribution in [0.4, 0.5) is 11.6 Å². The van der Waals surface area contributed by atoms with E-state index in [0.29, 0.717) is 0 Å². The van der Waals surface area contributed by atoms with Gasteiger partial charge in [0.25, 0.3) is 0 Å². The van der Waals surface area contributed by atoms with Crippen molar-refractivity contribution in [1.82, 2.24) is 9.97 Å². The number of aryl methyl sites for hydroxylation is 1. The van der Waals surface area contributed by atoms with Gasteiger partial charge in [-0.15, -0.1) is 0 Å². The lowest BCUT2D eigenvalue weighted by Gasteiger charge is -2.30. The average Bonchev–Trinajstić information content (AvgIpc) is 3.01. The van der Waals surface area contributed by atoms with Crippen LogP contribution in [-0.4, -0.2) is 29.6 Å². The van der Waals surface area contributed by atoms with E-state index in [-0.39, 0.29) is 0 Å². The number of fused-ring (bicyclic) bond motifs is 2. The number of nitrogens with one attached hydrogen (secondary N) is 1. The Hall–Kier alpha value is -1.32. The molecule has 0 aromatic carbocycles. The van der Waals surface area contributed by atoms with Crippen LogP contribution < -0.4 is 10.2 Å².